The van der Waals surface area contributed by atoms with Crippen LogP contribution < -0.4 is 0 Å². The zero-order valence-corrected chi connectivity index (χ0v) is 16.7. The summed E-state index contributed by atoms with van der Waals surface area (Å²) < 4.78 is 13.1. The third-order valence-electron chi connectivity index (χ3n) is 5.26. The van der Waals surface area contributed by atoms with Gasteiger partial charge in [0.05, 0.1) is 11.2 Å². The van der Waals surface area contributed by atoms with Gasteiger partial charge in [-0.15, -0.1) is 11.3 Å². The number of benzene rings is 2. The molecular formula is C23H23FN2OS. The van der Waals surface area contributed by atoms with E-state index in [1.165, 1.54) is 34.6 Å². The van der Waals surface area contributed by atoms with Gasteiger partial charge < -0.3 is 4.90 Å². The Bertz CT molecular complexity index is 949. The van der Waals surface area contributed by atoms with E-state index in [9.17, 15) is 9.18 Å². The van der Waals surface area contributed by atoms with Crippen LogP contribution in [0, 0.1) is 12.7 Å². The monoisotopic (exact) mass is 394 g/mol. The number of rotatable bonds is 5. The van der Waals surface area contributed by atoms with E-state index in [1.54, 1.807) is 18.3 Å². The lowest BCUT2D eigenvalue weighted by molar-refractivity contribution is 0.0741. The molecule has 28 heavy (non-hydrogen) atoms. The molecule has 0 N–H and O–H groups in total. The van der Waals surface area contributed by atoms with Crippen LogP contribution in [0.25, 0.3) is 0 Å². The highest BCUT2D eigenvalue weighted by Gasteiger charge is 2.30. The minimum atomic E-state index is -0.243. The second-order valence-corrected chi connectivity index (χ2v) is 8.52. The van der Waals surface area contributed by atoms with E-state index in [0.29, 0.717) is 11.3 Å². The molecule has 1 amide bonds. The van der Waals surface area contributed by atoms with E-state index in [0.717, 1.165) is 36.4 Å². The van der Waals surface area contributed by atoms with E-state index in [2.05, 4.69) is 36.2 Å². The standard InChI is InChI=1S/C23H23FN2OS/c1-16-4-6-17(7-5-16)13-20-3-2-12-26(20)23(27)21-15-25-22(28-21)14-18-8-10-19(24)11-9-18/h4-11,15,20H,2-3,12-14H2,1H3. The first-order chi connectivity index (χ1) is 13.6. The van der Waals surface area contributed by atoms with Gasteiger partial charge in [0.2, 0.25) is 0 Å². The number of carbonyl (C=O) groups excluding carboxylic acids is 1. The van der Waals surface area contributed by atoms with Gasteiger partial charge >= 0.3 is 0 Å². The zero-order chi connectivity index (χ0) is 19.5. The molecule has 3 aromatic rings. The highest BCUT2D eigenvalue weighted by atomic mass is 32.1. The fourth-order valence-electron chi connectivity index (χ4n) is 3.72. The summed E-state index contributed by atoms with van der Waals surface area (Å²) >= 11 is 1.44. The maximum Gasteiger partial charge on any atom is 0.265 e. The summed E-state index contributed by atoms with van der Waals surface area (Å²) in [6.07, 6.45) is 5.29. The van der Waals surface area contributed by atoms with Gasteiger partial charge in [-0.2, -0.15) is 0 Å². The lowest BCUT2D eigenvalue weighted by atomic mass is 10.0. The molecule has 1 atom stereocenters. The number of aryl methyl sites for hydroxylation is 1. The molecule has 2 heterocycles. The molecule has 4 rings (SSSR count). The average Bonchev–Trinajstić information content (AvgIpc) is 3.35. The molecule has 3 nitrogen and oxygen atoms in total. The van der Waals surface area contributed by atoms with Crippen molar-refractivity contribution in [2.24, 2.45) is 0 Å². The largest absolute Gasteiger partial charge is 0.335 e. The van der Waals surface area contributed by atoms with Gasteiger partial charge in [-0.25, -0.2) is 9.37 Å². The predicted molar refractivity (Wildman–Crippen MR) is 110 cm³/mol. The lowest BCUT2D eigenvalue weighted by Gasteiger charge is -2.24. The van der Waals surface area contributed by atoms with Crippen molar-refractivity contribution in [3.63, 3.8) is 0 Å². The topological polar surface area (TPSA) is 33.2 Å². The van der Waals surface area contributed by atoms with E-state index in [4.69, 9.17) is 0 Å². The van der Waals surface area contributed by atoms with Gasteiger partial charge in [-0.05, 0) is 49.4 Å². The van der Waals surface area contributed by atoms with Crippen molar-refractivity contribution < 1.29 is 9.18 Å². The minimum absolute atomic E-state index is 0.0810. The number of thiazole rings is 1. The molecule has 144 valence electrons. The summed E-state index contributed by atoms with van der Waals surface area (Å²) in [6.45, 7) is 2.89. The quantitative estimate of drug-likeness (QED) is 0.608. The predicted octanol–water partition coefficient (Wildman–Crippen LogP) is 5.03. The Labute approximate surface area is 168 Å². The normalized spacial score (nSPS) is 16.5. The SMILES string of the molecule is Cc1ccc(CC2CCCN2C(=O)c2cnc(Cc3ccc(F)cc3)s2)cc1. The Morgan fingerprint density at radius 3 is 2.61 bits per heavy atom. The van der Waals surface area contributed by atoms with Crippen LogP contribution in [-0.2, 0) is 12.8 Å². The molecule has 5 heteroatoms. The van der Waals surface area contributed by atoms with Crippen molar-refractivity contribution in [1.82, 2.24) is 9.88 Å². The van der Waals surface area contributed by atoms with Crippen LogP contribution in [0.1, 0.15) is 44.2 Å². The third-order valence-corrected chi connectivity index (χ3v) is 6.25. The number of aromatic nitrogens is 1. The van der Waals surface area contributed by atoms with Crippen LogP contribution >= 0.6 is 11.3 Å². The second-order valence-electron chi connectivity index (χ2n) is 7.41. The van der Waals surface area contributed by atoms with Gasteiger partial charge in [0, 0.05) is 19.0 Å². The number of carbonyl (C=O) groups is 1. The van der Waals surface area contributed by atoms with Crippen LogP contribution in [0.4, 0.5) is 4.39 Å². The van der Waals surface area contributed by atoms with Crippen molar-refractivity contribution in [3.05, 3.63) is 87.1 Å². The molecule has 0 radical (unpaired) electrons. The molecule has 2 aromatic carbocycles. The lowest BCUT2D eigenvalue weighted by Crippen LogP contribution is -2.36. The molecule has 1 unspecified atom stereocenters. The van der Waals surface area contributed by atoms with Crippen molar-refractivity contribution >= 4 is 17.2 Å². The van der Waals surface area contributed by atoms with Crippen molar-refractivity contribution in [1.29, 1.82) is 0 Å². The Morgan fingerprint density at radius 2 is 1.86 bits per heavy atom. The Balaban J connectivity index is 1.43. The average molecular weight is 395 g/mol. The summed E-state index contributed by atoms with van der Waals surface area (Å²) in [7, 11) is 0. The summed E-state index contributed by atoms with van der Waals surface area (Å²) in [5, 5.41) is 0.879. The van der Waals surface area contributed by atoms with Crippen molar-refractivity contribution in [2.45, 2.75) is 38.6 Å². The van der Waals surface area contributed by atoms with Crippen LogP contribution in [-0.4, -0.2) is 28.4 Å². The molecule has 0 bridgehead atoms. The Hall–Kier alpha value is -2.53. The third kappa shape index (κ3) is 4.30. The molecule has 1 aliphatic heterocycles. The summed E-state index contributed by atoms with van der Waals surface area (Å²) in [6, 6.07) is 15.2. The zero-order valence-electron chi connectivity index (χ0n) is 15.9. The fraction of sp³-hybridized carbons (Fsp3) is 0.304. The number of halogens is 1. The molecule has 1 aliphatic rings. The van der Waals surface area contributed by atoms with Crippen LogP contribution in [0.3, 0.4) is 0 Å². The molecule has 0 saturated carbocycles. The maximum absolute atomic E-state index is 13.1. The maximum atomic E-state index is 13.1. The summed E-state index contributed by atoms with van der Waals surface area (Å²) in [5.74, 6) is -0.162. The smallest absolute Gasteiger partial charge is 0.265 e. The first-order valence-corrected chi connectivity index (χ1v) is 10.5. The van der Waals surface area contributed by atoms with E-state index in [-0.39, 0.29) is 17.8 Å². The van der Waals surface area contributed by atoms with Crippen LogP contribution in [0.5, 0.6) is 0 Å². The van der Waals surface area contributed by atoms with Gasteiger partial charge in [-0.3, -0.25) is 4.79 Å². The molecule has 1 fully saturated rings. The van der Waals surface area contributed by atoms with E-state index in [1.807, 2.05) is 4.90 Å². The number of amides is 1. The minimum Gasteiger partial charge on any atom is -0.335 e. The number of hydrogen-bond donors (Lipinski definition) is 0. The first kappa shape index (κ1) is 18.8. The Kier molecular flexibility index (Phi) is 5.53. The number of likely N-dealkylation sites (tertiary alicyclic amines) is 1. The molecule has 0 aliphatic carbocycles. The molecule has 1 saturated heterocycles. The second kappa shape index (κ2) is 8.23. The number of nitrogens with zero attached hydrogens (tertiary/aromatic N) is 2. The van der Waals surface area contributed by atoms with Gasteiger partial charge in [0.25, 0.3) is 5.91 Å². The first-order valence-electron chi connectivity index (χ1n) is 9.64. The van der Waals surface area contributed by atoms with Gasteiger partial charge in [0.15, 0.2) is 0 Å². The summed E-state index contributed by atoms with van der Waals surface area (Å²) in [4.78, 5) is 20.2. The molecular weight excluding hydrogens is 371 g/mol. The van der Waals surface area contributed by atoms with Crippen molar-refractivity contribution in [2.75, 3.05) is 6.54 Å². The van der Waals surface area contributed by atoms with Gasteiger partial charge in [0.1, 0.15) is 10.7 Å². The van der Waals surface area contributed by atoms with Crippen molar-refractivity contribution in [3.8, 4) is 0 Å². The van der Waals surface area contributed by atoms with Crippen LogP contribution in [0.2, 0.25) is 0 Å². The highest BCUT2D eigenvalue weighted by Crippen LogP contribution is 2.26. The van der Waals surface area contributed by atoms with E-state index >= 15 is 0 Å². The summed E-state index contributed by atoms with van der Waals surface area (Å²) in [5.41, 5.74) is 3.52. The molecule has 1 aromatic heterocycles. The van der Waals surface area contributed by atoms with E-state index < -0.39 is 0 Å². The van der Waals surface area contributed by atoms with Gasteiger partial charge in [-0.1, -0.05) is 42.0 Å². The number of hydrogen-bond acceptors (Lipinski definition) is 3. The highest BCUT2D eigenvalue weighted by molar-refractivity contribution is 7.13. The molecule has 0 spiro atoms. The Morgan fingerprint density at radius 1 is 1.14 bits per heavy atom. The van der Waals surface area contributed by atoms with Crippen LogP contribution in [0.15, 0.2) is 54.7 Å². The fourth-order valence-corrected chi connectivity index (χ4v) is 4.63.